The summed E-state index contributed by atoms with van der Waals surface area (Å²) in [5, 5.41) is 12.1. The fraction of sp³-hybridized carbons (Fsp3) is 0.200. The molecule has 0 aliphatic heterocycles. The Morgan fingerprint density at radius 2 is 2.50 bits per heavy atom. The Morgan fingerprint density at radius 1 is 1.69 bits per heavy atom. The first-order valence-electron chi connectivity index (χ1n) is 4.61. The van der Waals surface area contributed by atoms with Gasteiger partial charge in [0, 0.05) is 17.7 Å². The van der Waals surface area contributed by atoms with E-state index in [1.165, 1.54) is 18.3 Å². The summed E-state index contributed by atoms with van der Waals surface area (Å²) in [6, 6.07) is 2.91. The van der Waals surface area contributed by atoms with Gasteiger partial charge in [0.2, 0.25) is 0 Å². The van der Waals surface area contributed by atoms with Crippen LogP contribution in [0.2, 0.25) is 0 Å². The minimum Gasteiger partial charge on any atom is -0.478 e. The molecule has 0 radical (unpaired) electrons. The van der Waals surface area contributed by atoms with E-state index in [0.29, 0.717) is 18.7 Å². The van der Waals surface area contributed by atoms with Gasteiger partial charge in [0.1, 0.15) is 0 Å². The molecule has 0 bridgehead atoms. The summed E-state index contributed by atoms with van der Waals surface area (Å²) < 4.78 is 0. The van der Waals surface area contributed by atoms with Gasteiger partial charge in [-0.1, -0.05) is 11.2 Å². The maximum Gasteiger partial charge on any atom is 0.335 e. The topological polar surface area (TPSA) is 99.0 Å². The molecule has 0 spiro atoms. The molecule has 0 fully saturated rings. The van der Waals surface area contributed by atoms with E-state index >= 15 is 0 Å². The lowest BCUT2D eigenvalue weighted by Crippen LogP contribution is -1.96. The molecule has 1 heterocycles. The van der Waals surface area contributed by atoms with Gasteiger partial charge in [0.05, 0.1) is 11.3 Å². The molecule has 0 unspecified atom stereocenters. The zero-order valence-corrected chi connectivity index (χ0v) is 8.45. The number of azide groups is 1. The Hall–Kier alpha value is -2.33. The number of aromatic nitrogens is 1. The number of rotatable bonds is 5. The first-order valence-corrected chi connectivity index (χ1v) is 4.61. The molecule has 1 N–H and O–H groups in total. The number of carboxylic acids is 1. The SMILES string of the molecule is [N-]=[N+]=NCCC=Cc1cc(C(=O)O)ccn1. The molecule has 0 saturated heterocycles. The lowest BCUT2D eigenvalue weighted by Gasteiger charge is -1.95. The van der Waals surface area contributed by atoms with Crippen LogP contribution in [-0.4, -0.2) is 22.6 Å². The minimum atomic E-state index is -0.980. The van der Waals surface area contributed by atoms with E-state index in [-0.39, 0.29) is 5.56 Å². The zero-order valence-electron chi connectivity index (χ0n) is 8.45. The van der Waals surface area contributed by atoms with Crippen molar-refractivity contribution in [3.8, 4) is 0 Å². The molecule has 82 valence electrons. The highest BCUT2D eigenvalue weighted by Gasteiger charge is 2.01. The number of carboxylic acid groups (broad SMARTS) is 1. The Labute approximate surface area is 91.9 Å². The number of nitrogens with zero attached hydrogens (tertiary/aromatic N) is 4. The van der Waals surface area contributed by atoms with Crippen molar-refractivity contribution in [3.05, 3.63) is 46.1 Å². The lowest BCUT2D eigenvalue weighted by molar-refractivity contribution is 0.0696. The minimum absolute atomic E-state index is 0.199. The van der Waals surface area contributed by atoms with Gasteiger partial charge in [0.15, 0.2) is 0 Å². The van der Waals surface area contributed by atoms with E-state index in [0.717, 1.165) is 0 Å². The monoisotopic (exact) mass is 218 g/mol. The van der Waals surface area contributed by atoms with Crippen LogP contribution in [0.4, 0.5) is 0 Å². The van der Waals surface area contributed by atoms with Crippen LogP contribution in [0, 0.1) is 0 Å². The third-order valence-corrected chi connectivity index (χ3v) is 1.78. The molecule has 1 rings (SSSR count). The van der Waals surface area contributed by atoms with Crippen LogP contribution < -0.4 is 0 Å². The van der Waals surface area contributed by atoms with Crippen LogP contribution in [0.3, 0.4) is 0 Å². The predicted octanol–water partition coefficient (Wildman–Crippen LogP) is 2.49. The van der Waals surface area contributed by atoms with Crippen LogP contribution in [0.25, 0.3) is 16.5 Å². The summed E-state index contributed by atoms with van der Waals surface area (Å²) in [6.07, 6.45) is 5.52. The van der Waals surface area contributed by atoms with Crippen molar-refractivity contribution >= 4 is 12.0 Å². The number of pyridine rings is 1. The number of aromatic carboxylic acids is 1. The standard InChI is InChI=1S/C10H10N4O2/c11-14-13-5-2-1-3-9-7-8(10(15)16)4-6-12-9/h1,3-4,6-7H,2,5H2,(H,15,16). The fourth-order valence-electron chi connectivity index (χ4n) is 1.05. The summed E-state index contributed by atoms with van der Waals surface area (Å²) in [4.78, 5) is 17.3. The highest BCUT2D eigenvalue weighted by molar-refractivity contribution is 5.87. The van der Waals surface area contributed by atoms with E-state index in [9.17, 15) is 4.79 Å². The van der Waals surface area contributed by atoms with Crippen molar-refractivity contribution in [2.75, 3.05) is 6.54 Å². The summed E-state index contributed by atoms with van der Waals surface area (Å²) >= 11 is 0. The fourth-order valence-corrected chi connectivity index (χ4v) is 1.05. The van der Waals surface area contributed by atoms with Gasteiger partial charge in [-0.3, -0.25) is 4.98 Å². The maximum atomic E-state index is 10.7. The maximum absolute atomic E-state index is 10.7. The van der Waals surface area contributed by atoms with Crippen molar-refractivity contribution in [3.63, 3.8) is 0 Å². The van der Waals surface area contributed by atoms with E-state index in [4.69, 9.17) is 10.6 Å². The van der Waals surface area contributed by atoms with Crippen molar-refractivity contribution in [1.82, 2.24) is 4.98 Å². The zero-order chi connectivity index (χ0) is 11.8. The highest BCUT2D eigenvalue weighted by Crippen LogP contribution is 2.04. The Kier molecular flexibility index (Phi) is 4.56. The van der Waals surface area contributed by atoms with Crippen LogP contribution in [0.5, 0.6) is 0 Å². The molecule has 0 aromatic carbocycles. The van der Waals surface area contributed by atoms with Crippen LogP contribution in [-0.2, 0) is 0 Å². The number of hydrogen-bond donors (Lipinski definition) is 1. The molecule has 0 aliphatic rings. The Morgan fingerprint density at radius 3 is 3.19 bits per heavy atom. The highest BCUT2D eigenvalue weighted by atomic mass is 16.4. The Balaban J connectivity index is 2.63. The molecular formula is C10H10N4O2. The van der Waals surface area contributed by atoms with E-state index in [1.54, 1.807) is 12.2 Å². The molecule has 0 atom stereocenters. The average Bonchev–Trinajstić information content (AvgIpc) is 2.29. The molecule has 6 nitrogen and oxygen atoms in total. The van der Waals surface area contributed by atoms with Crippen LogP contribution in [0.15, 0.2) is 29.5 Å². The average molecular weight is 218 g/mol. The summed E-state index contributed by atoms with van der Waals surface area (Å²) in [7, 11) is 0. The molecule has 0 saturated carbocycles. The van der Waals surface area contributed by atoms with E-state index in [1.807, 2.05) is 0 Å². The molecule has 0 amide bonds. The summed E-state index contributed by atoms with van der Waals surface area (Å²) in [5.41, 5.74) is 8.81. The van der Waals surface area contributed by atoms with Crippen molar-refractivity contribution in [1.29, 1.82) is 0 Å². The smallest absolute Gasteiger partial charge is 0.335 e. The molecule has 6 heteroatoms. The number of carbonyl (C=O) groups is 1. The van der Waals surface area contributed by atoms with E-state index < -0.39 is 5.97 Å². The molecule has 1 aromatic rings. The van der Waals surface area contributed by atoms with Gasteiger partial charge in [-0.05, 0) is 30.2 Å². The van der Waals surface area contributed by atoms with Crippen molar-refractivity contribution < 1.29 is 9.90 Å². The normalized spacial score (nSPS) is 10.0. The summed E-state index contributed by atoms with van der Waals surface area (Å²) in [6.45, 7) is 0.381. The molecular weight excluding hydrogens is 208 g/mol. The van der Waals surface area contributed by atoms with Crippen LogP contribution in [0.1, 0.15) is 22.5 Å². The first-order chi connectivity index (χ1) is 7.74. The van der Waals surface area contributed by atoms with Crippen LogP contribution >= 0.6 is 0 Å². The van der Waals surface area contributed by atoms with Gasteiger partial charge < -0.3 is 5.11 Å². The quantitative estimate of drug-likeness (QED) is 0.355. The molecule has 1 aromatic heterocycles. The van der Waals surface area contributed by atoms with Gasteiger partial charge in [-0.15, -0.1) is 0 Å². The van der Waals surface area contributed by atoms with Gasteiger partial charge in [-0.2, -0.15) is 0 Å². The number of hydrogen-bond acceptors (Lipinski definition) is 3. The largest absolute Gasteiger partial charge is 0.478 e. The molecule has 16 heavy (non-hydrogen) atoms. The second kappa shape index (κ2) is 6.21. The Bertz CT molecular complexity index is 450. The molecule has 0 aliphatic carbocycles. The second-order valence-corrected chi connectivity index (χ2v) is 2.92. The van der Waals surface area contributed by atoms with Crippen molar-refractivity contribution in [2.24, 2.45) is 5.11 Å². The third-order valence-electron chi connectivity index (χ3n) is 1.78. The predicted molar refractivity (Wildman–Crippen MR) is 58.9 cm³/mol. The van der Waals surface area contributed by atoms with E-state index in [2.05, 4.69) is 15.0 Å². The third kappa shape index (κ3) is 3.81. The van der Waals surface area contributed by atoms with Gasteiger partial charge in [0.25, 0.3) is 0 Å². The first kappa shape index (κ1) is 11.7. The second-order valence-electron chi connectivity index (χ2n) is 2.92. The summed E-state index contributed by atoms with van der Waals surface area (Å²) in [5.74, 6) is -0.980. The van der Waals surface area contributed by atoms with Crippen molar-refractivity contribution in [2.45, 2.75) is 6.42 Å². The van der Waals surface area contributed by atoms with Gasteiger partial charge in [-0.25, -0.2) is 4.79 Å². The lowest BCUT2D eigenvalue weighted by atomic mass is 10.2. The van der Waals surface area contributed by atoms with Gasteiger partial charge >= 0.3 is 5.97 Å².